The molecule has 0 fully saturated rings. The molecule has 0 aliphatic carbocycles. The number of hydrogen-bond donors (Lipinski definition) is 0. The lowest BCUT2D eigenvalue weighted by molar-refractivity contribution is 0.701. The molecule has 2 heteroatoms. The molecule has 0 aliphatic heterocycles. The van der Waals surface area contributed by atoms with Gasteiger partial charge in [-0.2, -0.15) is 0 Å². The molecule has 0 saturated carbocycles. The standard InChI is InChI=1S/C5H11Br.Mg.2H/c1-4-5(2,3)6;;;/h4H2,1-3H3;;;. The lowest BCUT2D eigenvalue weighted by Crippen LogP contribution is -2.04. The monoisotopic (exact) mass is 176 g/mol. The second-order valence-electron chi connectivity index (χ2n) is 2.07. The Balaban J connectivity index is 0. The highest BCUT2D eigenvalue weighted by molar-refractivity contribution is 9.10. The zero-order valence-electron chi connectivity index (χ0n) is 4.59. The minimum absolute atomic E-state index is 0. The van der Waals surface area contributed by atoms with Crippen LogP contribution in [0.15, 0.2) is 0 Å². The maximum absolute atomic E-state index is 3.48. The Bertz CT molecular complexity index is 37.8. The van der Waals surface area contributed by atoms with Gasteiger partial charge in [-0.15, -0.1) is 0 Å². The Morgan fingerprint density at radius 3 is 1.57 bits per heavy atom. The van der Waals surface area contributed by atoms with Crippen molar-refractivity contribution in [3.63, 3.8) is 0 Å². The number of hydrogen-bond acceptors (Lipinski definition) is 0. The molecule has 0 atom stereocenters. The fourth-order valence-corrected chi connectivity index (χ4v) is 0. The molecule has 0 amide bonds. The van der Waals surface area contributed by atoms with Gasteiger partial charge in [0.15, 0.2) is 0 Å². The van der Waals surface area contributed by atoms with Crippen LogP contribution in [0.1, 0.15) is 27.2 Å². The molecule has 0 spiro atoms. The fourth-order valence-electron chi connectivity index (χ4n) is 0. The maximum Gasteiger partial charge on any atom is 0.316 e. The van der Waals surface area contributed by atoms with Crippen molar-refractivity contribution in [3.05, 3.63) is 0 Å². The summed E-state index contributed by atoms with van der Waals surface area (Å²) >= 11 is 3.48. The van der Waals surface area contributed by atoms with Crippen LogP contribution in [-0.2, 0) is 0 Å². The Labute approximate surface area is 70.3 Å². The molecular formula is C5H13BrMg. The molecule has 0 nitrogen and oxygen atoms in total. The van der Waals surface area contributed by atoms with Crippen LogP contribution in [0.4, 0.5) is 0 Å². The van der Waals surface area contributed by atoms with Gasteiger partial charge >= 0.3 is 23.1 Å². The molecule has 0 radical (unpaired) electrons. The molecule has 0 bridgehead atoms. The summed E-state index contributed by atoms with van der Waals surface area (Å²) in [6, 6.07) is 0. The van der Waals surface area contributed by atoms with Gasteiger partial charge in [-0.05, 0) is 6.42 Å². The Hall–Kier alpha value is 1.25. The summed E-state index contributed by atoms with van der Waals surface area (Å²) in [5.74, 6) is 0. The SMILES string of the molecule is CCC(C)(C)Br.[MgH2]. The van der Waals surface area contributed by atoms with Crippen LogP contribution in [0, 0.1) is 0 Å². The van der Waals surface area contributed by atoms with E-state index in [0.29, 0.717) is 4.32 Å². The van der Waals surface area contributed by atoms with Crippen LogP contribution < -0.4 is 0 Å². The minimum atomic E-state index is 0. The van der Waals surface area contributed by atoms with Crippen molar-refractivity contribution in [2.24, 2.45) is 0 Å². The van der Waals surface area contributed by atoms with Crippen LogP contribution in [0.3, 0.4) is 0 Å². The maximum atomic E-state index is 3.48. The molecule has 42 valence electrons. The van der Waals surface area contributed by atoms with E-state index in [1.54, 1.807) is 0 Å². The Kier molecular flexibility index (Phi) is 6.59. The molecule has 0 aromatic heterocycles. The molecule has 0 heterocycles. The van der Waals surface area contributed by atoms with E-state index in [2.05, 4.69) is 36.7 Å². The average Bonchev–Trinajstić information content (AvgIpc) is 1.35. The van der Waals surface area contributed by atoms with E-state index in [0.717, 1.165) is 0 Å². The fraction of sp³-hybridized carbons (Fsp3) is 1.00. The van der Waals surface area contributed by atoms with Crippen molar-refractivity contribution in [1.82, 2.24) is 0 Å². The molecule has 0 aromatic rings. The number of rotatable bonds is 1. The highest BCUT2D eigenvalue weighted by Crippen LogP contribution is 2.18. The molecular weight excluding hydrogens is 164 g/mol. The summed E-state index contributed by atoms with van der Waals surface area (Å²) in [7, 11) is 0. The highest BCUT2D eigenvalue weighted by atomic mass is 79.9. The van der Waals surface area contributed by atoms with E-state index in [1.165, 1.54) is 6.42 Å². The van der Waals surface area contributed by atoms with Gasteiger partial charge in [0.1, 0.15) is 0 Å². The lowest BCUT2D eigenvalue weighted by atomic mass is 10.2. The van der Waals surface area contributed by atoms with Crippen LogP contribution in [0.5, 0.6) is 0 Å². The van der Waals surface area contributed by atoms with E-state index in [4.69, 9.17) is 0 Å². The summed E-state index contributed by atoms with van der Waals surface area (Å²) < 4.78 is 0.354. The van der Waals surface area contributed by atoms with Crippen molar-refractivity contribution in [2.45, 2.75) is 31.5 Å². The smallest absolute Gasteiger partial charge is 0.0859 e. The first-order chi connectivity index (χ1) is 2.56. The third-order valence-corrected chi connectivity index (χ3v) is 1.40. The van der Waals surface area contributed by atoms with E-state index in [-0.39, 0.29) is 23.1 Å². The van der Waals surface area contributed by atoms with Crippen LogP contribution in [0.25, 0.3) is 0 Å². The summed E-state index contributed by atoms with van der Waals surface area (Å²) in [6.07, 6.45) is 1.19. The second kappa shape index (κ2) is 4.16. The van der Waals surface area contributed by atoms with Crippen molar-refractivity contribution in [1.29, 1.82) is 0 Å². The molecule has 0 saturated heterocycles. The Morgan fingerprint density at radius 2 is 1.57 bits per heavy atom. The topological polar surface area (TPSA) is 0 Å². The highest BCUT2D eigenvalue weighted by Gasteiger charge is 2.06. The first-order valence-corrected chi connectivity index (χ1v) is 3.04. The summed E-state index contributed by atoms with van der Waals surface area (Å²) in [5, 5.41) is 0. The number of halogens is 1. The van der Waals surface area contributed by atoms with E-state index in [1.807, 2.05) is 0 Å². The molecule has 0 N–H and O–H groups in total. The molecule has 0 aromatic carbocycles. The van der Waals surface area contributed by atoms with Crippen LogP contribution >= 0.6 is 15.9 Å². The molecule has 7 heavy (non-hydrogen) atoms. The zero-order chi connectivity index (χ0) is 5.21. The van der Waals surface area contributed by atoms with Crippen molar-refractivity contribution in [2.75, 3.05) is 0 Å². The number of alkyl halides is 1. The lowest BCUT2D eigenvalue weighted by Gasteiger charge is -2.09. The van der Waals surface area contributed by atoms with Gasteiger partial charge in [-0.1, -0.05) is 36.7 Å². The van der Waals surface area contributed by atoms with Crippen molar-refractivity contribution in [3.8, 4) is 0 Å². The van der Waals surface area contributed by atoms with Gasteiger partial charge in [-0.25, -0.2) is 0 Å². The van der Waals surface area contributed by atoms with Gasteiger partial charge in [-0.3, -0.25) is 0 Å². The van der Waals surface area contributed by atoms with Crippen molar-refractivity contribution >= 4 is 39.0 Å². The third-order valence-electron chi connectivity index (χ3n) is 0.841. The predicted molar refractivity (Wildman–Crippen MR) is 41.8 cm³/mol. The van der Waals surface area contributed by atoms with E-state index in [9.17, 15) is 0 Å². The van der Waals surface area contributed by atoms with Gasteiger partial charge in [0.2, 0.25) is 0 Å². The predicted octanol–water partition coefficient (Wildman–Crippen LogP) is 1.65. The first kappa shape index (κ1) is 11.1. The Morgan fingerprint density at radius 1 is 1.43 bits per heavy atom. The van der Waals surface area contributed by atoms with Gasteiger partial charge in [0.25, 0.3) is 0 Å². The zero-order valence-corrected chi connectivity index (χ0v) is 6.17. The van der Waals surface area contributed by atoms with Gasteiger partial charge < -0.3 is 0 Å². The largest absolute Gasteiger partial charge is 0.316 e. The summed E-state index contributed by atoms with van der Waals surface area (Å²) in [5.41, 5.74) is 0. The minimum Gasteiger partial charge on any atom is -0.0859 e. The quantitative estimate of drug-likeness (QED) is 0.422. The summed E-state index contributed by atoms with van der Waals surface area (Å²) in [6.45, 7) is 6.48. The summed E-state index contributed by atoms with van der Waals surface area (Å²) in [4.78, 5) is 0. The third kappa shape index (κ3) is 11.1. The average molecular weight is 177 g/mol. The first-order valence-electron chi connectivity index (χ1n) is 2.25. The van der Waals surface area contributed by atoms with E-state index >= 15 is 0 Å². The van der Waals surface area contributed by atoms with Crippen LogP contribution in [0.2, 0.25) is 0 Å². The molecule has 0 rings (SSSR count). The molecule has 0 aliphatic rings. The van der Waals surface area contributed by atoms with E-state index < -0.39 is 0 Å². The van der Waals surface area contributed by atoms with Gasteiger partial charge in [0, 0.05) is 4.32 Å². The molecule has 0 unspecified atom stereocenters. The van der Waals surface area contributed by atoms with Gasteiger partial charge in [0.05, 0.1) is 0 Å². The van der Waals surface area contributed by atoms with Crippen molar-refractivity contribution < 1.29 is 0 Å². The normalized spacial score (nSPS) is 10.3. The van der Waals surface area contributed by atoms with Crippen LogP contribution in [-0.4, -0.2) is 27.4 Å². The second-order valence-corrected chi connectivity index (χ2v) is 4.22.